The summed E-state index contributed by atoms with van der Waals surface area (Å²) in [6.07, 6.45) is 0.417. The van der Waals surface area contributed by atoms with Crippen LogP contribution < -0.4 is 10.6 Å². The molecule has 0 radical (unpaired) electrons. The van der Waals surface area contributed by atoms with E-state index in [-0.39, 0.29) is 42.6 Å². The monoisotopic (exact) mass is 413 g/mol. The summed E-state index contributed by atoms with van der Waals surface area (Å²) in [6, 6.07) is 14.4. The van der Waals surface area contributed by atoms with E-state index < -0.39 is 0 Å². The normalized spacial score (nSPS) is 16.1. The van der Waals surface area contributed by atoms with Gasteiger partial charge in [-0.2, -0.15) is 0 Å². The predicted molar refractivity (Wildman–Crippen MR) is 113 cm³/mol. The summed E-state index contributed by atoms with van der Waals surface area (Å²) in [5.74, 6) is -0.173. The summed E-state index contributed by atoms with van der Waals surface area (Å²) in [7, 11) is 0. The summed E-state index contributed by atoms with van der Waals surface area (Å²) in [4.78, 5) is 14.6. The van der Waals surface area contributed by atoms with E-state index in [4.69, 9.17) is 0 Å². The summed E-state index contributed by atoms with van der Waals surface area (Å²) in [5.41, 5.74) is 3.06. The lowest BCUT2D eigenvalue weighted by molar-refractivity contribution is -0.134. The number of anilines is 1. The molecule has 1 heterocycles. The Labute approximate surface area is 172 Å². The van der Waals surface area contributed by atoms with Gasteiger partial charge in [0.05, 0.1) is 6.04 Å². The highest BCUT2D eigenvalue weighted by Crippen LogP contribution is 2.23. The van der Waals surface area contributed by atoms with Gasteiger partial charge in [-0.3, -0.25) is 4.79 Å². The number of benzene rings is 2. The van der Waals surface area contributed by atoms with Crippen LogP contribution in [0.3, 0.4) is 0 Å². The first-order valence-electron chi connectivity index (χ1n) is 8.70. The molecule has 3 rings (SSSR count). The summed E-state index contributed by atoms with van der Waals surface area (Å²) in [6.45, 7) is 4.69. The summed E-state index contributed by atoms with van der Waals surface area (Å²) in [5, 5.41) is 6.62. The van der Waals surface area contributed by atoms with Gasteiger partial charge in [-0.1, -0.05) is 30.3 Å². The number of hydrogen-bond acceptors (Lipinski definition) is 3. The summed E-state index contributed by atoms with van der Waals surface area (Å²) >= 11 is 0. The lowest BCUT2D eigenvalue weighted by Crippen LogP contribution is -2.49. The number of amides is 1. The number of nitrogens with zero attached hydrogens (tertiary/aromatic N) is 1. The molecule has 1 aliphatic rings. The zero-order chi connectivity index (χ0) is 17.6. The highest BCUT2D eigenvalue weighted by Gasteiger charge is 2.27. The molecule has 148 valence electrons. The Morgan fingerprint density at radius 1 is 1.22 bits per heavy atom. The van der Waals surface area contributed by atoms with Gasteiger partial charge in [-0.25, -0.2) is 4.39 Å². The fraction of sp³-hybridized carbons (Fsp3) is 0.350. The molecule has 2 aromatic carbocycles. The fourth-order valence-electron chi connectivity index (χ4n) is 3.23. The highest BCUT2D eigenvalue weighted by atomic mass is 35.5. The fourth-order valence-corrected chi connectivity index (χ4v) is 3.23. The molecule has 1 fully saturated rings. The maximum atomic E-state index is 13.5. The first kappa shape index (κ1) is 23.2. The summed E-state index contributed by atoms with van der Waals surface area (Å²) < 4.78 is 13.5. The van der Waals surface area contributed by atoms with Gasteiger partial charge >= 0.3 is 0 Å². The van der Waals surface area contributed by atoms with Gasteiger partial charge in [0, 0.05) is 38.3 Å². The number of aryl methyl sites for hydroxylation is 1. The molecule has 0 aromatic heterocycles. The SMILES string of the molecule is Cc1ccccc1NCCC(=O)N1CCNCC1c1cccc(F)c1.Cl.Cl. The van der Waals surface area contributed by atoms with Crippen LogP contribution in [-0.2, 0) is 4.79 Å². The largest absolute Gasteiger partial charge is 0.384 e. The third-order valence-corrected chi connectivity index (χ3v) is 4.60. The van der Waals surface area contributed by atoms with Crippen LogP contribution >= 0.6 is 24.8 Å². The molecule has 7 heteroatoms. The molecule has 1 amide bonds. The van der Waals surface area contributed by atoms with Crippen molar-refractivity contribution in [3.63, 3.8) is 0 Å². The minimum atomic E-state index is -0.267. The van der Waals surface area contributed by atoms with E-state index in [0.29, 0.717) is 26.1 Å². The van der Waals surface area contributed by atoms with Crippen molar-refractivity contribution in [3.8, 4) is 0 Å². The van der Waals surface area contributed by atoms with Crippen LogP contribution in [0.2, 0.25) is 0 Å². The molecule has 2 aromatic rings. The number of hydrogen-bond donors (Lipinski definition) is 2. The molecule has 0 aliphatic carbocycles. The number of halogens is 3. The first-order valence-corrected chi connectivity index (χ1v) is 8.70. The van der Waals surface area contributed by atoms with Crippen molar-refractivity contribution in [2.24, 2.45) is 0 Å². The standard InChI is InChI=1S/C20H24FN3O.2ClH/c1-15-5-2-3-8-18(15)23-10-9-20(25)24-12-11-22-14-19(24)16-6-4-7-17(21)13-16;;/h2-8,13,19,22-23H,9-12,14H2,1H3;2*1H. The van der Waals surface area contributed by atoms with Crippen molar-refractivity contribution in [1.82, 2.24) is 10.2 Å². The molecular formula is C20H26Cl2FN3O. The molecule has 1 unspecified atom stereocenters. The van der Waals surface area contributed by atoms with E-state index in [1.165, 1.54) is 12.1 Å². The van der Waals surface area contributed by atoms with E-state index in [9.17, 15) is 9.18 Å². The van der Waals surface area contributed by atoms with Crippen LogP contribution in [0.15, 0.2) is 48.5 Å². The number of piperazine rings is 1. The predicted octanol–water partition coefficient (Wildman–Crippen LogP) is 3.95. The molecule has 1 atom stereocenters. The van der Waals surface area contributed by atoms with Crippen LogP contribution in [0, 0.1) is 12.7 Å². The Balaban J connectivity index is 0.00000182. The Morgan fingerprint density at radius 3 is 2.74 bits per heavy atom. The van der Waals surface area contributed by atoms with Gasteiger partial charge < -0.3 is 15.5 Å². The second-order valence-electron chi connectivity index (χ2n) is 6.35. The minimum absolute atomic E-state index is 0. The average Bonchev–Trinajstić information content (AvgIpc) is 2.63. The first-order chi connectivity index (χ1) is 12.1. The van der Waals surface area contributed by atoms with Crippen LogP contribution in [0.1, 0.15) is 23.6 Å². The zero-order valence-corrected chi connectivity index (χ0v) is 16.9. The quantitative estimate of drug-likeness (QED) is 0.779. The van der Waals surface area contributed by atoms with Crippen molar-refractivity contribution in [2.45, 2.75) is 19.4 Å². The van der Waals surface area contributed by atoms with Crippen LogP contribution in [0.4, 0.5) is 10.1 Å². The smallest absolute Gasteiger partial charge is 0.224 e. The molecule has 0 spiro atoms. The van der Waals surface area contributed by atoms with Gasteiger partial charge in [-0.15, -0.1) is 24.8 Å². The average molecular weight is 414 g/mol. The van der Waals surface area contributed by atoms with Gasteiger partial charge in [0.1, 0.15) is 5.82 Å². The minimum Gasteiger partial charge on any atom is -0.384 e. The molecule has 27 heavy (non-hydrogen) atoms. The molecule has 4 nitrogen and oxygen atoms in total. The maximum Gasteiger partial charge on any atom is 0.224 e. The van der Waals surface area contributed by atoms with E-state index in [1.54, 1.807) is 6.07 Å². The van der Waals surface area contributed by atoms with E-state index in [0.717, 1.165) is 23.4 Å². The lowest BCUT2D eigenvalue weighted by atomic mass is 10.0. The molecular weight excluding hydrogens is 388 g/mol. The number of rotatable bonds is 5. The number of carbonyl (C=O) groups is 1. The van der Waals surface area contributed by atoms with Crippen LogP contribution in [0.25, 0.3) is 0 Å². The highest BCUT2D eigenvalue weighted by molar-refractivity contribution is 5.85. The van der Waals surface area contributed by atoms with Gasteiger partial charge in [-0.05, 0) is 36.2 Å². The van der Waals surface area contributed by atoms with Crippen molar-refractivity contribution in [2.75, 3.05) is 31.5 Å². The molecule has 0 saturated carbocycles. The van der Waals surface area contributed by atoms with Crippen molar-refractivity contribution < 1.29 is 9.18 Å². The third-order valence-electron chi connectivity index (χ3n) is 4.60. The van der Waals surface area contributed by atoms with Crippen molar-refractivity contribution in [3.05, 3.63) is 65.5 Å². The zero-order valence-electron chi connectivity index (χ0n) is 15.3. The third kappa shape index (κ3) is 6.09. The van der Waals surface area contributed by atoms with Gasteiger partial charge in [0.25, 0.3) is 0 Å². The van der Waals surface area contributed by atoms with Gasteiger partial charge in [0.2, 0.25) is 5.91 Å². The number of carbonyl (C=O) groups excluding carboxylic acids is 1. The van der Waals surface area contributed by atoms with E-state index in [2.05, 4.69) is 10.6 Å². The molecule has 0 bridgehead atoms. The molecule has 1 saturated heterocycles. The van der Waals surface area contributed by atoms with Crippen molar-refractivity contribution >= 4 is 36.4 Å². The molecule has 2 N–H and O–H groups in total. The van der Waals surface area contributed by atoms with Crippen molar-refractivity contribution in [1.29, 1.82) is 0 Å². The van der Waals surface area contributed by atoms with Crippen LogP contribution in [0.5, 0.6) is 0 Å². The maximum absolute atomic E-state index is 13.5. The van der Waals surface area contributed by atoms with Gasteiger partial charge in [0.15, 0.2) is 0 Å². The van der Waals surface area contributed by atoms with Crippen LogP contribution in [-0.4, -0.2) is 37.0 Å². The Kier molecular flexibility index (Phi) is 9.56. The Hall–Kier alpha value is -1.82. The number of nitrogens with one attached hydrogen (secondary N) is 2. The van der Waals surface area contributed by atoms with E-state index in [1.807, 2.05) is 42.2 Å². The topological polar surface area (TPSA) is 44.4 Å². The number of para-hydroxylation sites is 1. The van der Waals surface area contributed by atoms with E-state index >= 15 is 0 Å². The lowest BCUT2D eigenvalue weighted by Gasteiger charge is -2.36. The second-order valence-corrected chi connectivity index (χ2v) is 6.35. The second kappa shape index (κ2) is 11.1. The Morgan fingerprint density at radius 2 is 2.00 bits per heavy atom. The Bertz CT molecular complexity index is 745. The molecule has 1 aliphatic heterocycles.